The summed E-state index contributed by atoms with van der Waals surface area (Å²) in [5.41, 5.74) is 2.36. The maximum atomic E-state index is 13.3. The smallest absolute Gasteiger partial charge is 0.205 e. The van der Waals surface area contributed by atoms with Gasteiger partial charge in [-0.15, -0.1) is 11.3 Å². The van der Waals surface area contributed by atoms with Crippen molar-refractivity contribution in [2.24, 2.45) is 10.1 Å². The van der Waals surface area contributed by atoms with Crippen LogP contribution >= 0.6 is 11.3 Å². The Hall–Kier alpha value is -3.13. The molecule has 0 spiro atoms. The number of halogens is 1. The Labute approximate surface area is 166 Å². The molecule has 0 amide bonds. The molecule has 0 aliphatic carbocycles. The van der Waals surface area contributed by atoms with Gasteiger partial charge in [-0.05, 0) is 36.4 Å². The van der Waals surface area contributed by atoms with Crippen molar-refractivity contribution in [2.45, 2.75) is 0 Å². The van der Waals surface area contributed by atoms with Crippen molar-refractivity contribution < 1.29 is 18.6 Å². The Morgan fingerprint density at radius 3 is 2.29 bits per heavy atom. The highest BCUT2D eigenvalue weighted by molar-refractivity contribution is 7.07. The second kappa shape index (κ2) is 8.71. The van der Waals surface area contributed by atoms with Gasteiger partial charge in [0.15, 0.2) is 11.5 Å². The Kier molecular flexibility index (Phi) is 6.10. The van der Waals surface area contributed by atoms with Crippen LogP contribution in [0.15, 0.2) is 51.9 Å². The van der Waals surface area contributed by atoms with Gasteiger partial charge < -0.3 is 14.2 Å². The van der Waals surface area contributed by atoms with Gasteiger partial charge in [0.1, 0.15) is 5.82 Å². The van der Waals surface area contributed by atoms with Crippen molar-refractivity contribution in [3.8, 4) is 28.5 Å². The van der Waals surface area contributed by atoms with E-state index in [0.29, 0.717) is 27.6 Å². The van der Waals surface area contributed by atoms with Gasteiger partial charge >= 0.3 is 0 Å². The molecule has 1 heterocycles. The van der Waals surface area contributed by atoms with Gasteiger partial charge in [0, 0.05) is 23.6 Å². The van der Waals surface area contributed by atoms with Crippen LogP contribution < -0.4 is 19.0 Å². The summed E-state index contributed by atoms with van der Waals surface area (Å²) in [4.78, 5) is 4.97. The van der Waals surface area contributed by atoms with E-state index in [9.17, 15) is 4.39 Å². The van der Waals surface area contributed by atoms with Crippen molar-refractivity contribution in [3.63, 3.8) is 0 Å². The van der Waals surface area contributed by atoms with Gasteiger partial charge in [0.25, 0.3) is 0 Å². The van der Waals surface area contributed by atoms with Crippen molar-refractivity contribution in [3.05, 3.63) is 58.0 Å². The average molecular weight is 401 g/mol. The fraction of sp³-hybridized carbons (Fsp3) is 0.200. The average Bonchev–Trinajstić information content (AvgIpc) is 3.14. The second-order valence-electron chi connectivity index (χ2n) is 5.61. The fourth-order valence-electron chi connectivity index (χ4n) is 2.73. The molecule has 8 heteroatoms. The van der Waals surface area contributed by atoms with Crippen LogP contribution in [0.2, 0.25) is 0 Å². The molecule has 0 radical (unpaired) electrons. The number of ether oxygens (including phenoxy) is 3. The first-order valence-corrected chi connectivity index (χ1v) is 9.23. The Morgan fingerprint density at radius 1 is 0.964 bits per heavy atom. The fourth-order valence-corrected chi connectivity index (χ4v) is 3.53. The zero-order valence-electron chi connectivity index (χ0n) is 16.0. The van der Waals surface area contributed by atoms with E-state index in [0.717, 1.165) is 11.3 Å². The lowest BCUT2D eigenvalue weighted by Gasteiger charge is -2.13. The molecule has 0 aliphatic rings. The molecule has 2 aromatic carbocycles. The monoisotopic (exact) mass is 401 g/mol. The lowest BCUT2D eigenvalue weighted by molar-refractivity contribution is 0.324. The van der Waals surface area contributed by atoms with Crippen LogP contribution in [0.4, 0.5) is 4.39 Å². The Bertz CT molecular complexity index is 1060. The molecule has 0 N–H and O–H groups in total. The maximum absolute atomic E-state index is 13.3. The molecule has 0 aliphatic heterocycles. The van der Waals surface area contributed by atoms with Crippen LogP contribution in [0.5, 0.6) is 17.2 Å². The van der Waals surface area contributed by atoms with Gasteiger partial charge in [-0.25, -0.2) is 9.07 Å². The largest absolute Gasteiger partial charge is 0.493 e. The SMILES string of the molecule is CN=c1scc(-c2ccc(F)cc2)n1N=Cc1ccc(OC)c(OC)c1OC. The van der Waals surface area contributed by atoms with Gasteiger partial charge in [-0.2, -0.15) is 5.10 Å². The van der Waals surface area contributed by atoms with E-state index < -0.39 is 0 Å². The van der Waals surface area contributed by atoms with E-state index in [1.165, 1.54) is 23.5 Å². The van der Waals surface area contributed by atoms with E-state index in [4.69, 9.17) is 14.2 Å². The highest BCUT2D eigenvalue weighted by Crippen LogP contribution is 2.39. The summed E-state index contributed by atoms with van der Waals surface area (Å²) in [5.74, 6) is 1.28. The zero-order valence-corrected chi connectivity index (χ0v) is 16.8. The van der Waals surface area contributed by atoms with Gasteiger partial charge in [-0.3, -0.25) is 4.99 Å². The van der Waals surface area contributed by atoms with E-state index in [2.05, 4.69) is 10.1 Å². The first-order chi connectivity index (χ1) is 13.6. The summed E-state index contributed by atoms with van der Waals surface area (Å²) in [7, 11) is 6.37. The Balaban J connectivity index is 2.08. The Morgan fingerprint density at radius 2 is 1.68 bits per heavy atom. The third-order valence-electron chi connectivity index (χ3n) is 4.06. The molecule has 0 atom stereocenters. The third kappa shape index (κ3) is 3.77. The van der Waals surface area contributed by atoms with Gasteiger partial charge in [0.2, 0.25) is 10.6 Å². The summed E-state index contributed by atoms with van der Waals surface area (Å²) in [6, 6.07) is 9.87. The normalized spacial score (nSPS) is 11.8. The molecule has 0 fully saturated rings. The third-order valence-corrected chi connectivity index (χ3v) is 4.97. The number of rotatable bonds is 6. The van der Waals surface area contributed by atoms with Crippen molar-refractivity contribution in [1.82, 2.24) is 4.68 Å². The van der Waals surface area contributed by atoms with Crippen molar-refractivity contribution in [2.75, 3.05) is 28.4 Å². The first kappa shape index (κ1) is 19.6. The number of hydrogen-bond acceptors (Lipinski definition) is 6. The standard InChI is InChI=1S/C20H20FN3O3S/c1-22-20-24(16(12-28-20)13-5-8-15(21)9-6-13)23-11-14-7-10-17(25-2)19(27-4)18(14)26-3/h5-12H,1-4H3. The highest BCUT2D eigenvalue weighted by atomic mass is 32.1. The van der Waals surface area contributed by atoms with E-state index >= 15 is 0 Å². The van der Waals surface area contributed by atoms with E-state index in [1.807, 2.05) is 11.4 Å². The lowest BCUT2D eigenvalue weighted by atomic mass is 10.2. The van der Waals surface area contributed by atoms with Crippen LogP contribution in [0.1, 0.15) is 5.56 Å². The number of nitrogens with zero attached hydrogens (tertiary/aromatic N) is 3. The van der Waals surface area contributed by atoms with Crippen LogP contribution in [0.3, 0.4) is 0 Å². The zero-order chi connectivity index (χ0) is 20.1. The molecular formula is C20H20FN3O3S. The topological polar surface area (TPSA) is 57.3 Å². The molecule has 146 valence electrons. The molecule has 28 heavy (non-hydrogen) atoms. The minimum absolute atomic E-state index is 0.288. The highest BCUT2D eigenvalue weighted by Gasteiger charge is 2.15. The number of aromatic nitrogens is 1. The molecule has 0 bridgehead atoms. The number of methoxy groups -OCH3 is 3. The molecule has 0 saturated heterocycles. The van der Waals surface area contributed by atoms with Gasteiger partial charge in [0.05, 0.1) is 33.2 Å². The molecule has 3 aromatic rings. The molecule has 6 nitrogen and oxygen atoms in total. The summed E-state index contributed by atoms with van der Waals surface area (Å²) in [5, 5.41) is 6.51. The predicted octanol–water partition coefficient (Wildman–Crippen LogP) is 3.79. The van der Waals surface area contributed by atoms with Crippen LogP contribution in [-0.2, 0) is 0 Å². The number of hydrogen-bond donors (Lipinski definition) is 0. The summed E-state index contributed by atoms with van der Waals surface area (Å²) < 4.78 is 31.2. The molecule has 0 saturated carbocycles. The predicted molar refractivity (Wildman–Crippen MR) is 108 cm³/mol. The van der Waals surface area contributed by atoms with E-state index in [1.54, 1.807) is 57.5 Å². The lowest BCUT2D eigenvalue weighted by Crippen LogP contribution is -2.11. The maximum Gasteiger partial charge on any atom is 0.205 e. The van der Waals surface area contributed by atoms with Crippen molar-refractivity contribution >= 4 is 17.6 Å². The van der Waals surface area contributed by atoms with Crippen LogP contribution in [-0.4, -0.2) is 39.3 Å². The minimum atomic E-state index is -0.288. The molecule has 1 aromatic heterocycles. The summed E-state index contributed by atoms with van der Waals surface area (Å²) in [6.45, 7) is 0. The first-order valence-electron chi connectivity index (χ1n) is 8.35. The summed E-state index contributed by atoms with van der Waals surface area (Å²) in [6.07, 6.45) is 1.66. The molecule has 0 unspecified atom stereocenters. The quantitative estimate of drug-likeness (QED) is 0.591. The minimum Gasteiger partial charge on any atom is -0.493 e. The second-order valence-corrected chi connectivity index (χ2v) is 6.45. The van der Waals surface area contributed by atoms with Crippen LogP contribution in [0, 0.1) is 5.82 Å². The number of thiazole rings is 1. The van der Waals surface area contributed by atoms with Crippen molar-refractivity contribution in [1.29, 1.82) is 0 Å². The van der Waals surface area contributed by atoms with Gasteiger partial charge in [-0.1, -0.05) is 0 Å². The molecular weight excluding hydrogens is 381 g/mol. The molecule has 3 rings (SSSR count). The summed E-state index contributed by atoms with van der Waals surface area (Å²) >= 11 is 1.45. The van der Waals surface area contributed by atoms with E-state index in [-0.39, 0.29) is 5.82 Å². The number of benzene rings is 2. The van der Waals surface area contributed by atoms with Crippen LogP contribution in [0.25, 0.3) is 11.3 Å².